The molecule has 13 heteroatoms. The van der Waals surface area contributed by atoms with E-state index in [1.165, 1.54) is 7.11 Å². The van der Waals surface area contributed by atoms with E-state index in [2.05, 4.69) is 68.7 Å². The van der Waals surface area contributed by atoms with Crippen molar-refractivity contribution in [3.63, 3.8) is 0 Å². The molecule has 0 radical (unpaired) electrons. The van der Waals surface area contributed by atoms with Crippen molar-refractivity contribution >= 4 is 17.9 Å². The molecular formula is C50H54N8O5. The third-order valence-corrected chi connectivity index (χ3v) is 13.0. The quantitative estimate of drug-likeness (QED) is 0.102. The number of likely N-dealkylation sites (tertiary alicyclic amines) is 3. The van der Waals surface area contributed by atoms with Crippen LogP contribution in [0.25, 0.3) is 33.6 Å². The number of piperidine rings is 1. The number of imidazole rings is 2. The van der Waals surface area contributed by atoms with Crippen molar-refractivity contribution < 1.29 is 24.2 Å². The van der Waals surface area contributed by atoms with Crippen molar-refractivity contribution in [2.24, 2.45) is 0 Å². The Morgan fingerprint density at radius 3 is 1.62 bits per heavy atom. The lowest BCUT2D eigenvalue weighted by molar-refractivity contribution is -0.140. The Hall–Kier alpha value is -6.57. The summed E-state index contributed by atoms with van der Waals surface area (Å²) < 4.78 is 4.84. The first-order chi connectivity index (χ1) is 30.7. The van der Waals surface area contributed by atoms with E-state index in [0.29, 0.717) is 50.4 Å². The summed E-state index contributed by atoms with van der Waals surface area (Å²) in [5.74, 6) is 1.38. The Bertz CT molecular complexity index is 2510. The summed E-state index contributed by atoms with van der Waals surface area (Å²) in [4.78, 5) is 63.2. The Kier molecular flexibility index (Phi) is 12.0. The maximum absolute atomic E-state index is 14.5. The monoisotopic (exact) mass is 846 g/mol. The van der Waals surface area contributed by atoms with E-state index in [1.807, 2.05) is 84.9 Å². The maximum Gasteiger partial charge on any atom is 0.407 e. The van der Waals surface area contributed by atoms with Crippen molar-refractivity contribution in [2.45, 2.75) is 75.2 Å². The lowest BCUT2D eigenvalue weighted by atomic mass is 9.91. The predicted octanol–water partition coefficient (Wildman–Crippen LogP) is 8.15. The highest BCUT2D eigenvalue weighted by Gasteiger charge is 2.41. The van der Waals surface area contributed by atoms with Gasteiger partial charge >= 0.3 is 6.09 Å². The molecule has 5 heterocycles. The fourth-order valence-corrected chi connectivity index (χ4v) is 9.46. The second-order valence-electron chi connectivity index (χ2n) is 17.2. The molecule has 9 rings (SSSR count). The van der Waals surface area contributed by atoms with E-state index in [9.17, 15) is 19.5 Å². The Balaban J connectivity index is 0.859. The minimum absolute atomic E-state index is 0.0857. The molecule has 13 nitrogen and oxygen atoms in total. The van der Waals surface area contributed by atoms with E-state index in [4.69, 9.17) is 14.7 Å². The molecule has 2 aromatic heterocycles. The Morgan fingerprint density at radius 1 is 0.667 bits per heavy atom. The number of hydrogen-bond donors (Lipinski definition) is 4. The highest BCUT2D eigenvalue weighted by molar-refractivity contribution is 5.87. The largest absolute Gasteiger partial charge is 0.453 e. The van der Waals surface area contributed by atoms with Gasteiger partial charge in [0.05, 0.1) is 48.6 Å². The number of alkyl carbamates (subject to hydrolysis) is 1. The van der Waals surface area contributed by atoms with E-state index < -0.39 is 23.8 Å². The molecule has 3 fully saturated rings. The van der Waals surface area contributed by atoms with Crippen molar-refractivity contribution in [3.05, 3.63) is 144 Å². The summed E-state index contributed by atoms with van der Waals surface area (Å²) in [7, 11) is 1.29. The number of ether oxygens (including phenoxy) is 1. The predicted molar refractivity (Wildman–Crippen MR) is 240 cm³/mol. The van der Waals surface area contributed by atoms with E-state index >= 15 is 0 Å². The van der Waals surface area contributed by atoms with Gasteiger partial charge in [0.1, 0.15) is 23.7 Å². The van der Waals surface area contributed by atoms with Gasteiger partial charge in [-0.05, 0) is 78.8 Å². The molecule has 324 valence electrons. The van der Waals surface area contributed by atoms with Gasteiger partial charge in [-0.1, -0.05) is 109 Å². The topological polar surface area (TPSA) is 160 Å². The second kappa shape index (κ2) is 18.0. The van der Waals surface area contributed by atoms with Gasteiger partial charge in [-0.2, -0.15) is 0 Å². The van der Waals surface area contributed by atoms with Crippen LogP contribution in [0.4, 0.5) is 4.79 Å². The van der Waals surface area contributed by atoms with Crippen LogP contribution in [-0.2, 0) is 14.3 Å². The van der Waals surface area contributed by atoms with Gasteiger partial charge in [0.15, 0.2) is 0 Å². The maximum atomic E-state index is 14.5. The molecule has 0 spiro atoms. The molecule has 4 N–H and O–H groups in total. The molecule has 0 aliphatic carbocycles. The average molecular weight is 847 g/mol. The number of aromatic amines is 2. The van der Waals surface area contributed by atoms with Crippen LogP contribution in [0.5, 0.6) is 0 Å². The molecular weight excluding hydrogens is 793 g/mol. The number of nitrogens with zero attached hydrogens (tertiary/aromatic N) is 5. The zero-order valence-corrected chi connectivity index (χ0v) is 35.7. The van der Waals surface area contributed by atoms with E-state index in [0.717, 1.165) is 70.7 Å². The van der Waals surface area contributed by atoms with Crippen LogP contribution in [0.1, 0.15) is 92.4 Å². The summed E-state index contributed by atoms with van der Waals surface area (Å²) in [5.41, 5.74) is 6.83. The lowest BCUT2D eigenvalue weighted by Gasteiger charge is -2.41. The molecule has 0 saturated carbocycles. The van der Waals surface area contributed by atoms with Crippen molar-refractivity contribution in [1.29, 1.82) is 0 Å². The number of H-pyrrole nitrogens is 2. The number of amides is 3. The van der Waals surface area contributed by atoms with E-state index in [1.54, 1.807) is 4.90 Å². The highest BCUT2D eigenvalue weighted by Crippen LogP contribution is 2.38. The molecule has 6 aromatic rings. The molecule has 3 aliphatic rings. The number of rotatable bonds is 11. The third kappa shape index (κ3) is 8.89. The van der Waals surface area contributed by atoms with Crippen LogP contribution >= 0.6 is 0 Å². The SMILES string of the molecule is COC(=O)N[C@@H](C(=O)N1CCC[C@H]1c1ncc(-c2ccc(-c3ccc(-c4cnc([C@@H]5CCCN5C(=O)[C@@H](c5ccccc5)N5CCC(C)(O)CC5)[nH]4)cc3)cc2)[nH]1)c1ccccc1. The van der Waals surface area contributed by atoms with Crippen LogP contribution in [-0.4, -0.2) is 96.5 Å². The molecule has 63 heavy (non-hydrogen) atoms. The van der Waals surface area contributed by atoms with Gasteiger partial charge in [0, 0.05) is 26.2 Å². The number of hydrogen-bond acceptors (Lipinski definition) is 8. The van der Waals surface area contributed by atoms with Crippen molar-refractivity contribution in [2.75, 3.05) is 33.3 Å². The minimum atomic E-state index is -0.877. The number of nitrogens with one attached hydrogen (secondary N) is 3. The number of carbonyl (C=O) groups is 3. The van der Waals surface area contributed by atoms with Crippen molar-refractivity contribution in [3.8, 4) is 33.6 Å². The molecule has 3 amide bonds. The smallest absolute Gasteiger partial charge is 0.407 e. The summed E-state index contributed by atoms with van der Waals surface area (Å²) >= 11 is 0. The molecule has 3 saturated heterocycles. The third-order valence-electron chi connectivity index (χ3n) is 13.0. The normalized spacial score (nSPS) is 19.7. The van der Waals surface area contributed by atoms with Gasteiger partial charge in [0.2, 0.25) is 5.91 Å². The van der Waals surface area contributed by atoms with Crippen LogP contribution in [0.15, 0.2) is 122 Å². The lowest BCUT2D eigenvalue weighted by Crippen LogP contribution is -2.49. The number of aliphatic hydroxyl groups is 1. The number of methoxy groups -OCH3 is 1. The molecule has 3 aliphatic heterocycles. The number of carbonyl (C=O) groups excluding carboxylic acids is 3. The van der Waals surface area contributed by atoms with Crippen LogP contribution < -0.4 is 5.32 Å². The zero-order valence-electron chi connectivity index (χ0n) is 35.7. The first-order valence-electron chi connectivity index (χ1n) is 22.0. The number of benzene rings is 4. The fourth-order valence-electron chi connectivity index (χ4n) is 9.46. The average Bonchev–Trinajstić information content (AvgIpc) is 4.17. The van der Waals surface area contributed by atoms with Crippen LogP contribution in [0.2, 0.25) is 0 Å². The first kappa shape index (κ1) is 41.8. The van der Waals surface area contributed by atoms with Gasteiger partial charge in [0.25, 0.3) is 5.91 Å². The van der Waals surface area contributed by atoms with Crippen LogP contribution in [0, 0.1) is 0 Å². The summed E-state index contributed by atoms with van der Waals surface area (Å²) in [5, 5.41) is 13.4. The standard InChI is InChI=1S/C50H54N8O5/c1-50(62)25-29-56(30-26-50)44(38-13-7-4-8-14-38)48(60)58-28-10-16-42(58)46-52-32-40(54-46)36-23-19-34(20-24-36)33-17-21-35(22-18-33)39-31-51-45(53-39)41-15-9-27-57(41)47(59)43(55-49(61)63-2)37-11-5-3-6-12-37/h3-8,11-14,17-24,31-32,41-44,62H,9-10,15-16,25-30H2,1-2H3,(H,51,53)(H,52,54)(H,55,61)/t41-,42-,43+,44+/m0/s1. The first-order valence-corrected chi connectivity index (χ1v) is 22.0. The molecule has 0 bridgehead atoms. The zero-order chi connectivity index (χ0) is 43.5. The second-order valence-corrected chi connectivity index (χ2v) is 17.2. The van der Waals surface area contributed by atoms with E-state index in [-0.39, 0.29) is 23.9 Å². The summed E-state index contributed by atoms with van der Waals surface area (Å²) in [6.45, 7) is 4.44. The summed E-state index contributed by atoms with van der Waals surface area (Å²) in [6.07, 6.45) is 7.60. The van der Waals surface area contributed by atoms with Gasteiger partial charge in [-0.3, -0.25) is 14.5 Å². The van der Waals surface area contributed by atoms with Crippen molar-refractivity contribution in [1.82, 2.24) is 40.0 Å². The minimum Gasteiger partial charge on any atom is -0.453 e. The highest BCUT2D eigenvalue weighted by atomic mass is 16.5. The molecule has 4 atom stereocenters. The number of aromatic nitrogens is 4. The van der Waals surface area contributed by atoms with Gasteiger partial charge < -0.3 is 34.9 Å². The Labute approximate surface area is 367 Å². The fraction of sp³-hybridized carbons (Fsp3) is 0.340. The molecule has 4 aromatic carbocycles. The molecule has 0 unspecified atom stereocenters. The summed E-state index contributed by atoms with van der Waals surface area (Å²) in [6, 6.07) is 34.2. The Morgan fingerprint density at radius 2 is 1.13 bits per heavy atom. The van der Waals surface area contributed by atoms with Gasteiger partial charge in [-0.25, -0.2) is 14.8 Å². The van der Waals surface area contributed by atoms with Gasteiger partial charge in [-0.15, -0.1) is 0 Å². The van der Waals surface area contributed by atoms with Crippen LogP contribution in [0.3, 0.4) is 0 Å².